The Balaban J connectivity index is 2.20. The topological polar surface area (TPSA) is 85.8 Å². The van der Waals surface area contributed by atoms with Crippen LogP contribution in [-0.2, 0) is 13.1 Å². The average Bonchev–Trinajstić information content (AvgIpc) is 2.95. The van der Waals surface area contributed by atoms with Crippen LogP contribution in [0.4, 0.5) is 0 Å². The summed E-state index contributed by atoms with van der Waals surface area (Å²) in [5, 5.41) is 20.8. The maximum atomic E-state index is 11.0. The predicted octanol–water partition coefficient (Wildman–Crippen LogP) is 0.996. The summed E-state index contributed by atoms with van der Waals surface area (Å²) in [5.41, 5.74) is 0.681. The predicted molar refractivity (Wildman–Crippen MR) is 63.3 cm³/mol. The van der Waals surface area contributed by atoms with Gasteiger partial charge in [-0.2, -0.15) is 5.10 Å². The molecule has 18 heavy (non-hydrogen) atoms. The Morgan fingerprint density at radius 3 is 2.78 bits per heavy atom. The number of hydrogen-bond donors (Lipinski definition) is 1. The minimum atomic E-state index is -1.04. The molecule has 0 saturated heterocycles. The molecular weight excluding hydrogens is 234 g/mol. The summed E-state index contributed by atoms with van der Waals surface area (Å²) in [6.07, 6.45) is 3.55. The summed E-state index contributed by atoms with van der Waals surface area (Å²) < 4.78 is 3.40. The van der Waals surface area contributed by atoms with E-state index in [-0.39, 0.29) is 11.6 Å². The second-order valence-electron chi connectivity index (χ2n) is 4.28. The SMILES string of the molecule is CC(C)c1c(C(=O)O)nnn1CCn1cccn1. The lowest BCUT2D eigenvalue weighted by atomic mass is 10.1. The molecule has 0 amide bonds. The molecule has 0 aliphatic carbocycles. The fourth-order valence-corrected chi connectivity index (χ4v) is 1.84. The number of carboxylic acid groups (broad SMARTS) is 1. The highest BCUT2D eigenvalue weighted by atomic mass is 16.4. The molecule has 0 spiro atoms. The highest BCUT2D eigenvalue weighted by Gasteiger charge is 2.21. The fourth-order valence-electron chi connectivity index (χ4n) is 1.84. The fraction of sp³-hybridized carbons (Fsp3) is 0.455. The Morgan fingerprint density at radius 1 is 1.44 bits per heavy atom. The van der Waals surface area contributed by atoms with Crippen molar-refractivity contribution in [3.63, 3.8) is 0 Å². The number of aromatic carboxylic acids is 1. The van der Waals surface area contributed by atoms with Gasteiger partial charge < -0.3 is 5.11 Å². The lowest BCUT2D eigenvalue weighted by Gasteiger charge is -2.09. The average molecular weight is 249 g/mol. The van der Waals surface area contributed by atoms with Crippen molar-refractivity contribution < 1.29 is 9.90 Å². The molecular formula is C11H15N5O2. The van der Waals surface area contributed by atoms with Crippen LogP contribution in [-0.4, -0.2) is 35.9 Å². The maximum absolute atomic E-state index is 11.0. The summed E-state index contributed by atoms with van der Waals surface area (Å²) in [7, 11) is 0. The van der Waals surface area contributed by atoms with Gasteiger partial charge in [0, 0.05) is 12.4 Å². The van der Waals surface area contributed by atoms with E-state index in [0.717, 1.165) is 0 Å². The summed E-state index contributed by atoms with van der Waals surface area (Å²) >= 11 is 0. The molecule has 7 nitrogen and oxygen atoms in total. The van der Waals surface area contributed by atoms with Crippen molar-refractivity contribution in [3.05, 3.63) is 29.8 Å². The van der Waals surface area contributed by atoms with Gasteiger partial charge in [-0.3, -0.25) is 4.68 Å². The third-order valence-corrected chi connectivity index (χ3v) is 2.62. The van der Waals surface area contributed by atoms with Gasteiger partial charge in [0.1, 0.15) is 0 Å². The Labute approximate surface area is 104 Å². The molecule has 2 aromatic rings. The van der Waals surface area contributed by atoms with Crippen LogP contribution >= 0.6 is 0 Å². The lowest BCUT2D eigenvalue weighted by molar-refractivity contribution is 0.0688. The molecule has 0 aromatic carbocycles. The molecule has 2 heterocycles. The number of rotatable bonds is 5. The zero-order valence-electron chi connectivity index (χ0n) is 10.3. The molecule has 96 valence electrons. The van der Waals surface area contributed by atoms with E-state index in [1.54, 1.807) is 15.6 Å². The van der Waals surface area contributed by atoms with Gasteiger partial charge in [0.05, 0.1) is 18.8 Å². The Kier molecular flexibility index (Phi) is 3.40. The van der Waals surface area contributed by atoms with E-state index >= 15 is 0 Å². The minimum Gasteiger partial charge on any atom is -0.476 e. The van der Waals surface area contributed by atoms with E-state index in [0.29, 0.717) is 18.8 Å². The molecule has 7 heteroatoms. The molecule has 1 N–H and O–H groups in total. The van der Waals surface area contributed by atoms with Crippen LogP contribution < -0.4 is 0 Å². The summed E-state index contributed by atoms with van der Waals surface area (Å²) in [5.74, 6) is -0.979. The van der Waals surface area contributed by atoms with Gasteiger partial charge in [-0.25, -0.2) is 9.48 Å². The molecule has 0 fully saturated rings. The van der Waals surface area contributed by atoms with Gasteiger partial charge in [0.2, 0.25) is 0 Å². The molecule has 0 unspecified atom stereocenters. The van der Waals surface area contributed by atoms with Gasteiger partial charge in [0.25, 0.3) is 0 Å². The van der Waals surface area contributed by atoms with Crippen molar-refractivity contribution in [2.24, 2.45) is 0 Å². The highest BCUT2D eigenvalue weighted by molar-refractivity contribution is 5.86. The van der Waals surface area contributed by atoms with E-state index in [1.165, 1.54) is 0 Å². The van der Waals surface area contributed by atoms with Crippen molar-refractivity contribution in [2.75, 3.05) is 0 Å². The van der Waals surface area contributed by atoms with Crippen molar-refractivity contribution in [2.45, 2.75) is 32.9 Å². The normalized spacial score (nSPS) is 11.1. The van der Waals surface area contributed by atoms with Gasteiger partial charge in [-0.05, 0) is 12.0 Å². The molecule has 2 rings (SSSR count). The van der Waals surface area contributed by atoms with Gasteiger partial charge in [-0.1, -0.05) is 19.1 Å². The third kappa shape index (κ3) is 2.39. The summed E-state index contributed by atoms with van der Waals surface area (Å²) in [6.45, 7) is 5.04. The Bertz CT molecular complexity index is 530. The van der Waals surface area contributed by atoms with Gasteiger partial charge >= 0.3 is 5.97 Å². The molecule has 0 bridgehead atoms. The van der Waals surface area contributed by atoms with Crippen LogP contribution in [0.15, 0.2) is 18.5 Å². The van der Waals surface area contributed by atoms with Crippen LogP contribution in [0.3, 0.4) is 0 Å². The lowest BCUT2D eigenvalue weighted by Crippen LogP contribution is -2.14. The first-order chi connectivity index (χ1) is 8.59. The first-order valence-corrected chi connectivity index (χ1v) is 5.73. The van der Waals surface area contributed by atoms with E-state index in [1.807, 2.05) is 26.1 Å². The highest BCUT2D eigenvalue weighted by Crippen LogP contribution is 2.17. The maximum Gasteiger partial charge on any atom is 0.358 e. The number of aryl methyl sites for hydroxylation is 2. The molecule has 0 aliphatic rings. The number of nitrogens with zero attached hydrogens (tertiary/aromatic N) is 5. The van der Waals surface area contributed by atoms with Gasteiger partial charge in [-0.15, -0.1) is 5.10 Å². The zero-order valence-corrected chi connectivity index (χ0v) is 10.3. The largest absolute Gasteiger partial charge is 0.476 e. The number of carbonyl (C=O) groups is 1. The van der Waals surface area contributed by atoms with E-state index in [2.05, 4.69) is 15.4 Å². The Hall–Kier alpha value is -2.18. The van der Waals surface area contributed by atoms with Crippen molar-refractivity contribution in [1.82, 2.24) is 24.8 Å². The summed E-state index contributed by atoms with van der Waals surface area (Å²) in [4.78, 5) is 11.0. The number of carboxylic acids is 1. The van der Waals surface area contributed by atoms with Crippen molar-refractivity contribution in [3.8, 4) is 0 Å². The second-order valence-corrected chi connectivity index (χ2v) is 4.28. The Morgan fingerprint density at radius 2 is 2.22 bits per heavy atom. The van der Waals surface area contributed by atoms with Crippen LogP contribution in [0, 0.1) is 0 Å². The first kappa shape index (κ1) is 12.3. The minimum absolute atomic E-state index is 0.0328. The van der Waals surface area contributed by atoms with Crippen molar-refractivity contribution in [1.29, 1.82) is 0 Å². The molecule has 0 atom stereocenters. The van der Waals surface area contributed by atoms with Crippen LogP contribution in [0.5, 0.6) is 0 Å². The zero-order chi connectivity index (χ0) is 13.1. The quantitative estimate of drug-likeness (QED) is 0.854. The van der Waals surface area contributed by atoms with Crippen LogP contribution in [0.25, 0.3) is 0 Å². The first-order valence-electron chi connectivity index (χ1n) is 5.73. The second kappa shape index (κ2) is 4.99. The smallest absolute Gasteiger partial charge is 0.358 e. The molecule has 0 radical (unpaired) electrons. The van der Waals surface area contributed by atoms with Crippen LogP contribution in [0.2, 0.25) is 0 Å². The number of aromatic nitrogens is 5. The van der Waals surface area contributed by atoms with E-state index in [9.17, 15) is 4.79 Å². The van der Waals surface area contributed by atoms with Gasteiger partial charge in [0.15, 0.2) is 5.69 Å². The van der Waals surface area contributed by atoms with Crippen LogP contribution in [0.1, 0.15) is 35.9 Å². The van der Waals surface area contributed by atoms with E-state index < -0.39 is 5.97 Å². The molecule has 2 aromatic heterocycles. The van der Waals surface area contributed by atoms with Crippen molar-refractivity contribution >= 4 is 5.97 Å². The third-order valence-electron chi connectivity index (χ3n) is 2.62. The molecule has 0 aliphatic heterocycles. The monoisotopic (exact) mass is 249 g/mol. The van der Waals surface area contributed by atoms with E-state index in [4.69, 9.17) is 5.11 Å². The standard InChI is InChI=1S/C11H15N5O2/c1-8(2)10-9(11(17)18)13-14-16(10)7-6-15-5-3-4-12-15/h3-5,8H,6-7H2,1-2H3,(H,17,18). The number of hydrogen-bond acceptors (Lipinski definition) is 4. The molecule has 0 saturated carbocycles. The summed E-state index contributed by atoms with van der Waals surface area (Å²) in [6, 6.07) is 1.84.